The number of H-pyrrole nitrogens is 2. The van der Waals surface area contributed by atoms with Gasteiger partial charge in [0.2, 0.25) is 0 Å². The lowest BCUT2D eigenvalue weighted by Crippen LogP contribution is -1.89. The lowest BCUT2D eigenvalue weighted by Gasteiger charge is -2.03. The van der Waals surface area contributed by atoms with Crippen molar-refractivity contribution in [3.05, 3.63) is 59.8 Å². The molecule has 0 spiro atoms. The number of methoxy groups -OCH3 is 1. The van der Waals surface area contributed by atoms with Crippen LogP contribution < -0.4 is 4.74 Å². The third kappa shape index (κ3) is 2.94. The highest BCUT2D eigenvalue weighted by atomic mass is 32.1. The van der Waals surface area contributed by atoms with Crippen LogP contribution in [-0.4, -0.2) is 42.2 Å². The minimum Gasteiger partial charge on any atom is -0.495 e. The largest absolute Gasteiger partial charge is 0.495 e. The van der Waals surface area contributed by atoms with Gasteiger partial charge in [-0.2, -0.15) is 16.4 Å². The van der Waals surface area contributed by atoms with Crippen LogP contribution in [0.25, 0.3) is 56.0 Å². The fraction of sp³-hybridized carbons (Fsp3) is 0.0455. The second-order valence-corrected chi connectivity index (χ2v) is 7.73. The van der Waals surface area contributed by atoms with Crippen LogP contribution in [0.1, 0.15) is 0 Å². The average Bonchev–Trinajstić information content (AvgIpc) is 3.57. The first-order valence-electron chi connectivity index (χ1n) is 9.51. The van der Waals surface area contributed by atoms with E-state index < -0.39 is 0 Å². The van der Waals surface area contributed by atoms with E-state index in [4.69, 9.17) is 9.72 Å². The quantitative estimate of drug-likeness (QED) is 0.424. The van der Waals surface area contributed by atoms with Gasteiger partial charge in [-0.05, 0) is 29.6 Å². The molecule has 9 heteroatoms. The summed E-state index contributed by atoms with van der Waals surface area (Å²) in [6.45, 7) is 0. The molecule has 0 aliphatic heterocycles. The van der Waals surface area contributed by atoms with E-state index in [0.29, 0.717) is 11.6 Å². The zero-order chi connectivity index (χ0) is 20.8. The van der Waals surface area contributed by atoms with Gasteiger partial charge in [0, 0.05) is 34.3 Å². The van der Waals surface area contributed by atoms with Crippen molar-refractivity contribution >= 4 is 33.3 Å². The number of fused-ring (bicyclic) bond motifs is 2. The van der Waals surface area contributed by atoms with E-state index in [9.17, 15) is 0 Å². The number of rotatable bonds is 4. The van der Waals surface area contributed by atoms with Gasteiger partial charge >= 0.3 is 0 Å². The Morgan fingerprint density at radius 3 is 2.81 bits per heavy atom. The lowest BCUT2D eigenvalue weighted by molar-refractivity contribution is 0.413. The summed E-state index contributed by atoms with van der Waals surface area (Å²) in [6, 6.07) is 7.85. The molecule has 2 N–H and O–H groups in total. The molecule has 0 aliphatic rings. The zero-order valence-electron chi connectivity index (χ0n) is 16.3. The van der Waals surface area contributed by atoms with Gasteiger partial charge in [-0.3, -0.25) is 20.1 Å². The first-order valence-corrected chi connectivity index (χ1v) is 10.5. The summed E-state index contributed by atoms with van der Waals surface area (Å²) < 4.78 is 5.29. The molecule has 0 aromatic carbocycles. The van der Waals surface area contributed by atoms with Gasteiger partial charge in [0.1, 0.15) is 17.0 Å². The number of nitrogens with zero attached hydrogens (tertiary/aromatic N) is 5. The first kappa shape index (κ1) is 17.7. The highest BCUT2D eigenvalue weighted by Gasteiger charge is 2.17. The number of hydrogen-bond acceptors (Lipinski definition) is 7. The van der Waals surface area contributed by atoms with Crippen LogP contribution in [0.2, 0.25) is 0 Å². The second kappa shape index (κ2) is 6.99. The molecule has 0 radical (unpaired) electrons. The molecule has 6 aromatic rings. The van der Waals surface area contributed by atoms with E-state index >= 15 is 0 Å². The Morgan fingerprint density at radius 1 is 0.968 bits per heavy atom. The van der Waals surface area contributed by atoms with Crippen molar-refractivity contribution in [3.8, 4) is 39.8 Å². The Kier molecular flexibility index (Phi) is 4.00. The van der Waals surface area contributed by atoms with Gasteiger partial charge in [0.05, 0.1) is 41.9 Å². The zero-order valence-corrected chi connectivity index (χ0v) is 17.1. The van der Waals surface area contributed by atoms with Crippen LogP contribution in [0.4, 0.5) is 0 Å². The number of imidazole rings is 1. The Hall–Kier alpha value is -4.11. The maximum absolute atomic E-state index is 5.29. The van der Waals surface area contributed by atoms with Crippen molar-refractivity contribution in [3.63, 3.8) is 0 Å². The molecule has 0 saturated heterocycles. The molecule has 0 atom stereocenters. The van der Waals surface area contributed by atoms with Crippen LogP contribution >= 0.6 is 11.3 Å². The lowest BCUT2D eigenvalue weighted by atomic mass is 10.1. The van der Waals surface area contributed by atoms with Crippen molar-refractivity contribution in [2.45, 2.75) is 0 Å². The van der Waals surface area contributed by atoms with E-state index in [2.05, 4.69) is 35.5 Å². The van der Waals surface area contributed by atoms with Crippen LogP contribution in [0.5, 0.6) is 5.75 Å². The van der Waals surface area contributed by atoms with E-state index in [1.54, 1.807) is 43.2 Å². The van der Waals surface area contributed by atoms with Gasteiger partial charge in [-0.25, -0.2) is 4.98 Å². The molecule has 6 heterocycles. The molecule has 31 heavy (non-hydrogen) atoms. The number of nitrogens with one attached hydrogen (secondary N) is 2. The Bertz CT molecular complexity index is 1530. The average molecular weight is 425 g/mol. The summed E-state index contributed by atoms with van der Waals surface area (Å²) in [5.74, 6) is 1.35. The maximum Gasteiger partial charge on any atom is 0.159 e. The number of ether oxygens (including phenoxy) is 1. The van der Waals surface area contributed by atoms with Crippen LogP contribution in [0, 0.1) is 0 Å². The van der Waals surface area contributed by atoms with Crippen molar-refractivity contribution in [1.82, 2.24) is 35.1 Å². The summed E-state index contributed by atoms with van der Waals surface area (Å²) in [4.78, 5) is 21.5. The number of hydrogen-bond donors (Lipinski definition) is 2. The maximum atomic E-state index is 5.29. The predicted octanol–water partition coefficient (Wildman–Crippen LogP) is 4.70. The molecule has 0 bridgehead atoms. The highest BCUT2D eigenvalue weighted by molar-refractivity contribution is 7.08. The van der Waals surface area contributed by atoms with Crippen molar-refractivity contribution in [2.75, 3.05) is 7.11 Å². The molecular weight excluding hydrogens is 410 g/mol. The molecule has 150 valence electrons. The number of pyridine rings is 3. The van der Waals surface area contributed by atoms with Gasteiger partial charge in [0.25, 0.3) is 0 Å². The first-order chi connectivity index (χ1) is 15.3. The molecule has 6 rings (SSSR count). The molecular formula is C22H15N7OS. The van der Waals surface area contributed by atoms with Gasteiger partial charge in [-0.15, -0.1) is 0 Å². The van der Waals surface area contributed by atoms with Crippen molar-refractivity contribution in [2.24, 2.45) is 0 Å². The second-order valence-electron chi connectivity index (χ2n) is 6.95. The third-order valence-electron chi connectivity index (χ3n) is 5.11. The normalized spacial score (nSPS) is 11.4. The summed E-state index contributed by atoms with van der Waals surface area (Å²) >= 11 is 1.64. The number of aromatic nitrogens is 7. The fourth-order valence-electron chi connectivity index (χ4n) is 3.58. The number of thiophene rings is 1. The van der Waals surface area contributed by atoms with Crippen LogP contribution in [0.3, 0.4) is 0 Å². The standard InChI is InChI=1S/C22H15N7OS/c1-30-14-6-13(8-23-9-14)17-7-15-18(10-25-17)28-29-20(15)22-26-16-2-4-24-19(21(16)27-22)12-3-5-31-11-12/h2-11H,1H3,(H,26,27)(H,28,29). The minimum atomic E-state index is 0.673. The van der Waals surface area contributed by atoms with Gasteiger partial charge in [-0.1, -0.05) is 0 Å². The van der Waals surface area contributed by atoms with Gasteiger partial charge in [0.15, 0.2) is 5.82 Å². The third-order valence-corrected chi connectivity index (χ3v) is 5.79. The molecule has 8 nitrogen and oxygen atoms in total. The predicted molar refractivity (Wildman–Crippen MR) is 120 cm³/mol. The highest BCUT2D eigenvalue weighted by Crippen LogP contribution is 2.32. The van der Waals surface area contributed by atoms with Crippen LogP contribution in [0.15, 0.2) is 59.8 Å². The monoisotopic (exact) mass is 425 g/mol. The molecule has 0 aliphatic carbocycles. The van der Waals surface area contributed by atoms with E-state index in [1.165, 1.54) is 0 Å². The SMILES string of the molecule is COc1cncc(-c2cc3c(-c4nc5c(-c6ccsc6)nccc5[nH]4)n[nH]c3cn2)c1. The Labute approximate surface area is 180 Å². The molecule has 6 aromatic heterocycles. The van der Waals surface area contributed by atoms with E-state index in [-0.39, 0.29) is 0 Å². The Balaban J connectivity index is 1.50. The minimum absolute atomic E-state index is 0.673. The van der Waals surface area contributed by atoms with Crippen molar-refractivity contribution in [1.29, 1.82) is 0 Å². The summed E-state index contributed by atoms with van der Waals surface area (Å²) in [5, 5.41) is 12.6. The molecule has 0 saturated carbocycles. The summed E-state index contributed by atoms with van der Waals surface area (Å²) in [7, 11) is 1.62. The Morgan fingerprint density at radius 2 is 1.94 bits per heavy atom. The van der Waals surface area contributed by atoms with Gasteiger partial charge < -0.3 is 9.72 Å². The van der Waals surface area contributed by atoms with Crippen LogP contribution in [-0.2, 0) is 0 Å². The van der Waals surface area contributed by atoms with E-state index in [0.717, 1.165) is 50.1 Å². The molecule has 0 unspecified atom stereocenters. The fourth-order valence-corrected chi connectivity index (χ4v) is 4.22. The summed E-state index contributed by atoms with van der Waals surface area (Å²) in [6.07, 6.45) is 6.98. The topological polar surface area (TPSA) is 105 Å². The molecule has 0 fully saturated rings. The number of aromatic amines is 2. The smallest absolute Gasteiger partial charge is 0.159 e. The summed E-state index contributed by atoms with van der Waals surface area (Å²) in [5.41, 5.74) is 6.82. The molecule has 0 amide bonds. The van der Waals surface area contributed by atoms with Crippen molar-refractivity contribution < 1.29 is 4.74 Å². The van der Waals surface area contributed by atoms with E-state index in [1.807, 2.05) is 29.6 Å².